The van der Waals surface area contributed by atoms with Crippen molar-refractivity contribution >= 4 is 23.1 Å². The van der Waals surface area contributed by atoms with Gasteiger partial charge in [0.25, 0.3) is 0 Å². The Bertz CT molecular complexity index is 1410. The van der Waals surface area contributed by atoms with Gasteiger partial charge in [-0.1, -0.05) is 0 Å². The number of nitrogens with zero attached hydrogens (tertiary/aromatic N) is 5. The van der Waals surface area contributed by atoms with Crippen molar-refractivity contribution in [2.45, 2.75) is 75.8 Å². The van der Waals surface area contributed by atoms with Crippen molar-refractivity contribution in [3.63, 3.8) is 0 Å². The Morgan fingerprint density at radius 1 is 1.21 bits per heavy atom. The second-order valence-corrected chi connectivity index (χ2v) is 10.9. The van der Waals surface area contributed by atoms with Gasteiger partial charge in [-0.15, -0.1) is 0 Å². The summed E-state index contributed by atoms with van der Waals surface area (Å²) in [5.74, 6) is -0.531. The molecule has 0 saturated carbocycles. The molecule has 3 saturated heterocycles. The number of aliphatic hydroxyl groups excluding tert-OH is 1. The molecule has 6 rings (SSSR count). The molecule has 5 heterocycles. The molecule has 2 bridgehead atoms. The third-order valence-corrected chi connectivity index (χ3v) is 8.06. The van der Waals surface area contributed by atoms with Gasteiger partial charge >= 0.3 is 6.09 Å². The number of carbonyl (C=O) groups is 1. The zero-order valence-corrected chi connectivity index (χ0v) is 22.1. The number of aliphatic hydroxyl groups is 1. The number of ether oxygens (including phenoxy) is 2. The highest BCUT2D eigenvalue weighted by atomic mass is 19.1. The van der Waals surface area contributed by atoms with Crippen LogP contribution in [0.4, 0.5) is 19.5 Å². The predicted molar refractivity (Wildman–Crippen MR) is 138 cm³/mol. The van der Waals surface area contributed by atoms with Crippen LogP contribution in [0.5, 0.6) is 0 Å². The molecule has 0 radical (unpaired) electrons. The standard InChI is InChI=1S/C27H32F2N6O4/c1-13(2)35-20-9-15(8-17(28)23(20)32-25(35)14-6-7-34(12-14)27(37)38-3)22-18(29)11-30-26(33-22)31-19-10-16-4-5-21(39-16)24(19)36/h8-9,11,13-14,16,19,21,24,36H,4-7,10,12H2,1-3H3,(H,30,31,33)/t14-,16-,19-,21?,24+/m1/s1. The highest BCUT2D eigenvalue weighted by molar-refractivity contribution is 5.83. The van der Waals surface area contributed by atoms with Crippen molar-refractivity contribution < 1.29 is 28.2 Å². The largest absolute Gasteiger partial charge is 0.453 e. The molecule has 0 spiro atoms. The number of fused-ring (bicyclic) bond motifs is 3. The minimum absolute atomic E-state index is 0.0476. The van der Waals surface area contributed by atoms with E-state index >= 15 is 8.78 Å². The summed E-state index contributed by atoms with van der Waals surface area (Å²) in [4.78, 5) is 26.7. The van der Waals surface area contributed by atoms with Crippen molar-refractivity contribution in [2.24, 2.45) is 0 Å². The average Bonchev–Trinajstić information content (AvgIpc) is 3.65. The van der Waals surface area contributed by atoms with E-state index < -0.39 is 23.8 Å². The van der Waals surface area contributed by atoms with Gasteiger partial charge in [-0.05, 0) is 51.7 Å². The maximum atomic E-state index is 15.5. The molecular formula is C27H32F2N6O4. The number of benzene rings is 1. The van der Waals surface area contributed by atoms with Gasteiger partial charge in [-0.25, -0.2) is 28.5 Å². The number of methoxy groups -OCH3 is 1. The molecule has 3 fully saturated rings. The molecule has 0 aliphatic carbocycles. The number of halogens is 2. The summed E-state index contributed by atoms with van der Waals surface area (Å²) in [5, 5.41) is 13.8. The molecule has 1 aromatic carbocycles. The summed E-state index contributed by atoms with van der Waals surface area (Å²) < 4.78 is 43.1. The number of nitrogens with one attached hydrogen (secondary N) is 1. The van der Waals surface area contributed by atoms with Crippen LogP contribution in [0.1, 0.15) is 57.3 Å². The lowest BCUT2D eigenvalue weighted by Gasteiger charge is -2.33. The van der Waals surface area contributed by atoms with Crippen LogP contribution >= 0.6 is 0 Å². The van der Waals surface area contributed by atoms with Gasteiger partial charge < -0.3 is 29.4 Å². The molecule has 1 unspecified atom stereocenters. The van der Waals surface area contributed by atoms with E-state index in [1.54, 1.807) is 11.0 Å². The smallest absolute Gasteiger partial charge is 0.409 e. The molecule has 3 aliphatic heterocycles. The first kappa shape index (κ1) is 25.9. The number of hydrogen-bond donors (Lipinski definition) is 2. The molecule has 2 N–H and O–H groups in total. The number of aromatic nitrogens is 4. The van der Waals surface area contributed by atoms with Crippen molar-refractivity contribution in [1.82, 2.24) is 24.4 Å². The van der Waals surface area contributed by atoms with Gasteiger partial charge in [0.15, 0.2) is 11.6 Å². The van der Waals surface area contributed by atoms with Crippen LogP contribution in [-0.4, -0.2) is 80.2 Å². The van der Waals surface area contributed by atoms with E-state index in [0.29, 0.717) is 37.3 Å². The number of anilines is 1. The lowest BCUT2D eigenvalue weighted by molar-refractivity contribution is -0.0811. The Balaban J connectivity index is 1.35. The van der Waals surface area contributed by atoms with Crippen LogP contribution in [-0.2, 0) is 9.47 Å². The fourth-order valence-corrected chi connectivity index (χ4v) is 6.19. The second kappa shape index (κ2) is 9.98. The predicted octanol–water partition coefficient (Wildman–Crippen LogP) is 4.00. The maximum absolute atomic E-state index is 15.5. The van der Waals surface area contributed by atoms with Crippen molar-refractivity contribution in [3.8, 4) is 11.3 Å². The van der Waals surface area contributed by atoms with E-state index in [4.69, 9.17) is 9.47 Å². The summed E-state index contributed by atoms with van der Waals surface area (Å²) in [6.07, 6.45) is 2.72. The fraction of sp³-hybridized carbons (Fsp3) is 0.556. The van der Waals surface area contributed by atoms with Crippen LogP contribution in [0.2, 0.25) is 0 Å². The van der Waals surface area contributed by atoms with E-state index in [-0.39, 0.29) is 52.9 Å². The first-order valence-electron chi connectivity index (χ1n) is 13.4. The van der Waals surface area contributed by atoms with Gasteiger partial charge in [0.1, 0.15) is 23.1 Å². The first-order valence-corrected chi connectivity index (χ1v) is 13.4. The molecule has 12 heteroatoms. The normalized spacial score (nSPS) is 26.5. The van der Waals surface area contributed by atoms with Crippen LogP contribution in [0.3, 0.4) is 0 Å². The maximum Gasteiger partial charge on any atom is 0.409 e. The average molecular weight is 543 g/mol. The second-order valence-electron chi connectivity index (χ2n) is 10.9. The number of amides is 1. The summed E-state index contributed by atoms with van der Waals surface area (Å²) >= 11 is 0. The first-order chi connectivity index (χ1) is 18.7. The van der Waals surface area contributed by atoms with Gasteiger partial charge in [0, 0.05) is 30.6 Å². The topological polar surface area (TPSA) is 115 Å². The Hall–Kier alpha value is -3.38. The molecule has 3 aromatic rings. The van der Waals surface area contributed by atoms with Crippen molar-refractivity contribution in [1.29, 1.82) is 0 Å². The SMILES string of the molecule is COC(=O)N1CC[C@@H](c2nc3c(F)cc(-c4nc(N[C@@H]5C[C@H]6CCC(O6)[C@H]5O)ncc4F)cc3n2C(C)C)C1. The van der Waals surface area contributed by atoms with Gasteiger partial charge in [-0.2, -0.15) is 0 Å². The fourth-order valence-electron chi connectivity index (χ4n) is 6.19. The Labute approximate surface area is 224 Å². The van der Waals surface area contributed by atoms with E-state index in [0.717, 1.165) is 19.0 Å². The van der Waals surface area contributed by atoms with E-state index in [9.17, 15) is 9.90 Å². The minimum Gasteiger partial charge on any atom is -0.453 e. The highest BCUT2D eigenvalue weighted by Gasteiger charge is 2.42. The van der Waals surface area contributed by atoms with Crippen LogP contribution in [0.15, 0.2) is 18.3 Å². The van der Waals surface area contributed by atoms with E-state index in [1.165, 1.54) is 13.2 Å². The van der Waals surface area contributed by atoms with E-state index in [1.807, 2.05) is 18.4 Å². The van der Waals surface area contributed by atoms with Crippen molar-refractivity contribution in [3.05, 3.63) is 35.8 Å². The molecule has 10 nitrogen and oxygen atoms in total. The van der Waals surface area contributed by atoms with Gasteiger partial charge in [0.05, 0.1) is 37.1 Å². The third-order valence-electron chi connectivity index (χ3n) is 8.06. The summed E-state index contributed by atoms with van der Waals surface area (Å²) in [5.41, 5.74) is 0.920. The van der Waals surface area contributed by atoms with Crippen LogP contribution < -0.4 is 5.32 Å². The number of likely N-dealkylation sites (tertiary alicyclic amines) is 1. The zero-order chi connectivity index (χ0) is 27.4. The number of rotatable bonds is 5. The number of hydrogen-bond acceptors (Lipinski definition) is 8. The molecule has 208 valence electrons. The lowest BCUT2D eigenvalue weighted by atomic mass is 10.0. The van der Waals surface area contributed by atoms with Crippen molar-refractivity contribution in [2.75, 3.05) is 25.5 Å². The Morgan fingerprint density at radius 3 is 2.79 bits per heavy atom. The highest BCUT2D eigenvalue weighted by Crippen LogP contribution is 2.36. The Kier molecular flexibility index (Phi) is 6.62. The molecular weight excluding hydrogens is 510 g/mol. The molecule has 5 atom stereocenters. The Morgan fingerprint density at radius 2 is 2.03 bits per heavy atom. The third kappa shape index (κ3) is 4.59. The van der Waals surface area contributed by atoms with Crippen LogP contribution in [0.25, 0.3) is 22.3 Å². The van der Waals surface area contributed by atoms with Crippen LogP contribution in [0, 0.1) is 11.6 Å². The molecule has 3 aliphatic rings. The van der Waals surface area contributed by atoms with E-state index in [2.05, 4.69) is 20.3 Å². The summed E-state index contributed by atoms with van der Waals surface area (Å²) in [6, 6.07) is 2.54. The number of imidazole rings is 1. The zero-order valence-electron chi connectivity index (χ0n) is 22.1. The quantitative estimate of drug-likeness (QED) is 0.497. The summed E-state index contributed by atoms with van der Waals surface area (Å²) in [6.45, 7) is 4.90. The lowest BCUT2D eigenvalue weighted by Crippen LogP contribution is -2.47. The molecule has 1 amide bonds. The molecule has 2 aromatic heterocycles. The number of carbonyl (C=O) groups excluding carboxylic acids is 1. The van der Waals surface area contributed by atoms with Gasteiger partial charge in [0.2, 0.25) is 5.95 Å². The summed E-state index contributed by atoms with van der Waals surface area (Å²) in [7, 11) is 1.35. The van der Waals surface area contributed by atoms with Gasteiger partial charge in [-0.3, -0.25) is 0 Å². The minimum atomic E-state index is -0.723. The monoisotopic (exact) mass is 542 g/mol. The molecule has 39 heavy (non-hydrogen) atoms.